The van der Waals surface area contributed by atoms with E-state index in [1.54, 1.807) is 6.33 Å². The summed E-state index contributed by atoms with van der Waals surface area (Å²) in [5.41, 5.74) is 7.35. The van der Waals surface area contributed by atoms with Gasteiger partial charge in [0.1, 0.15) is 6.33 Å². The third kappa shape index (κ3) is 1.71. The van der Waals surface area contributed by atoms with Gasteiger partial charge in [-0.2, -0.15) is 0 Å². The fourth-order valence-electron chi connectivity index (χ4n) is 2.70. The summed E-state index contributed by atoms with van der Waals surface area (Å²) >= 11 is 0. The summed E-state index contributed by atoms with van der Waals surface area (Å²) in [6.45, 7) is 5.75. The van der Waals surface area contributed by atoms with Gasteiger partial charge in [0, 0.05) is 62.8 Å². The van der Waals surface area contributed by atoms with E-state index in [2.05, 4.69) is 19.8 Å². The van der Waals surface area contributed by atoms with E-state index in [1.165, 1.54) is 13.1 Å². The van der Waals surface area contributed by atoms with Crippen molar-refractivity contribution in [3.05, 3.63) is 24.3 Å². The van der Waals surface area contributed by atoms with Crippen LogP contribution < -0.4 is 5.73 Å². The van der Waals surface area contributed by atoms with Crippen molar-refractivity contribution in [1.82, 2.24) is 19.8 Å². The highest BCUT2D eigenvalue weighted by Crippen LogP contribution is 2.24. The van der Waals surface area contributed by atoms with Gasteiger partial charge in [0.15, 0.2) is 0 Å². The normalized spacial score (nSPS) is 34.9. The molecule has 86 valence electrons. The van der Waals surface area contributed by atoms with Gasteiger partial charge >= 0.3 is 0 Å². The summed E-state index contributed by atoms with van der Waals surface area (Å²) in [5.74, 6) is 0. The molecule has 4 rings (SSSR count). The Kier molecular flexibility index (Phi) is 2.59. The Hall–Kier alpha value is -1.04. The molecule has 0 aliphatic carbocycles. The molecule has 0 saturated carbocycles. The number of rotatable bonds is 2. The molecule has 0 amide bonds. The van der Waals surface area contributed by atoms with Crippen molar-refractivity contribution in [2.24, 2.45) is 5.73 Å². The molecule has 3 fully saturated rings. The number of piperazine rings is 3. The van der Waals surface area contributed by atoms with E-state index >= 15 is 0 Å². The topological polar surface area (TPSA) is 58.3 Å². The van der Waals surface area contributed by atoms with Gasteiger partial charge in [0.2, 0.25) is 0 Å². The Labute approximate surface area is 95.3 Å². The average Bonchev–Trinajstić information content (AvgIpc) is 2.40. The zero-order chi connectivity index (χ0) is 11.0. The van der Waals surface area contributed by atoms with Crippen LogP contribution in [0.4, 0.5) is 0 Å². The highest BCUT2D eigenvalue weighted by molar-refractivity contribution is 5.13. The number of aromatic nitrogens is 2. The maximum atomic E-state index is 6.31. The number of hydrogen-bond acceptors (Lipinski definition) is 5. The van der Waals surface area contributed by atoms with Gasteiger partial charge in [-0.3, -0.25) is 9.80 Å². The van der Waals surface area contributed by atoms with Gasteiger partial charge < -0.3 is 5.73 Å². The Morgan fingerprint density at radius 1 is 1.19 bits per heavy atom. The van der Waals surface area contributed by atoms with Crippen molar-refractivity contribution >= 4 is 0 Å². The molecular weight excluding hydrogens is 202 g/mol. The summed E-state index contributed by atoms with van der Waals surface area (Å²) < 4.78 is 0. The largest absolute Gasteiger partial charge is 0.323 e. The minimum Gasteiger partial charge on any atom is -0.323 e. The van der Waals surface area contributed by atoms with Crippen molar-refractivity contribution in [2.75, 3.05) is 32.7 Å². The van der Waals surface area contributed by atoms with Crippen LogP contribution in [0.5, 0.6) is 0 Å². The van der Waals surface area contributed by atoms with Crippen molar-refractivity contribution in [3.63, 3.8) is 0 Å². The lowest BCUT2D eigenvalue weighted by molar-refractivity contribution is 0.00206. The highest BCUT2D eigenvalue weighted by atomic mass is 15.3. The summed E-state index contributed by atoms with van der Waals surface area (Å²) in [6.07, 6.45) is 5.21. The summed E-state index contributed by atoms with van der Waals surface area (Å²) in [5, 5.41) is 0. The first-order valence-electron chi connectivity index (χ1n) is 5.81. The van der Waals surface area contributed by atoms with Gasteiger partial charge in [-0.15, -0.1) is 0 Å². The number of hydrogen-bond donors (Lipinski definition) is 1. The molecule has 4 heterocycles. The molecule has 3 aliphatic rings. The molecular formula is C11H17N5. The van der Waals surface area contributed by atoms with Crippen molar-refractivity contribution in [2.45, 2.75) is 12.1 Å². The molecule has 2 bridgehead atoms. The van der Waals surface area contributed by atoms with Crippen LogP contribution >= 0.6 is 0 Å². The lowest BCUT2D eigenvalue weighted by atomic mass is 9.97. The summed E-state index contributed by atoms with van der Waals surface area (Å²) in [4.78, 5) is 13.1. The van der Waals surface area contributed by atoms with Crippen molar-refractivity contribution < 1.29 is 0 Å². The second kappa shape index (κ2) is 4.08. The molecule has 16 heavy (non-hydrogen) atoms. The molecule has 2 atom stereocenters. The number of nitrogens with two attached hydrogens (primary N) is 1. The highest BCUT2D eigenvalue weighted by Gasteiger charge is 2.35. The Bertz CT molecular complexity index is 347. The molecule has 5 heteroatoms. The van der Waals surface area contributed by atoms with Crippen molar-refractivity contribution in [1.29, 1.82) is 0 Å². The van der Waals surface area contributed by atoms with Gasteiger partial charge in [-0.05, 0) is 0 Å². The molecule has 1 aromatic rings. The molecule has 2 N–H and O–H groups in total. The van der Waals surface area contributed by atoms with Crippen LogP contribution in [0.25, 0.3) is 0 Å². The molecule has 1 aromatic heterocycles. The molecule has 3 saturated heterocycles. The van der Waals surface area contributed by atoms with Gasteiger partial charge in [-0.1, -0.05) is 0 Å². The quantitative estimate of drug-likeness (QED) is 0.725. The fraction of sp³-hybridized carbons (Fsp3) is 0.636. The van der Waals surface area contributed by atoms with E-state index < -0.39 is 0 Å². The fourth-order valence-corrected chi connectivity index (χ4v) is 2.70. The Morgan fingerprint density at radius 2 is 1.88 bits per heavy atom. The predicted octanol–water partition coefficient (Wildman–Crippen LogP) is -0.524. The first-order valence-corrected chi connectivity index (χ1v) is 5.81. The van der Waals surface area contributed by atoms with E-state index in [-0.39, 0.29) is 6.04 Å². The van der Waals surface area contributed by atoms with Gasteiger partial charge in [0.05, 0.1) is 0 Å². The third-order valence-electron chi connectivity index (χ3n) is 3.70. The van der Waals surface area contributed by atoms with Gasteiger partial charge in [-0.25, -0.2) is 9.97 Å². The van der Waals surface area contributed by atoms with Crippen LogP contribution in [0, 0.1) is 0 Å². The molecule has 0 radical (unpaired) electrons. The minimum absolute atomic E-state index is 0.0318. The Morgan fingerprint density at radius 3 is 2.44 bits per heavy atom. The monoisotopic (exact) mass is 219 g/mol. The SMILES string of the molecule is NC(c1cncnc1)C1CN2CCN1CC2. The third-order valence-corrected chi connectivity index (χ3v) is 3.70. The zero-order valence-corrected chi connectivity index (χ0v) is 9.29. The second-order valence-electron chi connectivity index (χ2n) is 4.60. The maximum Gasteiger partial charge on any atom is 0.115 e. The lowest BCUT2D eigenvalue weighted by Crippen LogP contribution is -2.63. The second-order valence-corrected chi connectivity index (χ2v) is 4.60. The predicted molar refractivity (Wildman–Crippen MR) is 60.8 cm³/mol. The van der Waals surface area contributed by atoms with Crippen LogP contribution in [-0.4, -0.2) is 58.5 Å². The van der Waals surface area contributed by atoms with Crippen LogP contribution in [0.2, 0.25) is 0 Å². The summed E-state index contributed by atoms with van der Waals surface area (Å²) in [6, 6.07) is 0.456. The van der Waals surface area contributed by atoms with Crippen molar-refractivity contribution in [3.8, 4) is 0 Å². The first-order chi connectivity index (χ1) is 7.84. The molecule has 2 unspecified atom stereocenters. The molecule has 3 aliphatic heterocycles. The lowest BCUT2D eigenvalue weighted by Gasteiger charge is -2.49. The number of fused-ring (bicyclic) bond motifs is 3. The first kappa shape index (κ1) is 10.1. The van der Waals surface area contributed by atoms with Crippen LogP contribution in [0.3, 0.4) is 0 Å². The van der Waals surface area contributed by atoms with Crippen LogP contribution in [0.1, 0.15) is 11.6 Å². The van der Waals surface area contributed by atoms with E-state index in [4.69, 9.17) is 5.73 Å². The van der Waals surface area contributed by atoms with E-state index in [1.807, 2.05) is 12.4 Å². The average molecular weight is 219 g/mol. The van der Waals surface area contributed by atoms with Gasteiger partial charge in [0.25, 0.3) is 0 Å². The smallest absolute Gasteiger partial charge is 0.115 e. The maximum absolute atomic E-state index is 6.31. The summed E-state index contributed by atoms with van der Waals surface area (Å²) in [7, 11) is 0. The molecule has 0 spiro atoms. The van der Waals surface area contributed by atoms with E-state index in [0.29, 0.717) is 6.04 Å². The molecule has 5 nitrogen and oxygen atoms in total. The standard InChI is InChI=1S/C11H17N5/c12-11(9-5-13-8-14-6-9)10-7-15-1-3-16(10)4-2-15/h5-6,8,10-11H,1-4,7,12H2. The zero-order valence-electron chi connectivity index (χ0n) is 9.29. The van der Waals surface area contributed by atoms with E-state index in [0.717, 1.165) is 25.2 Å². The minimum atomic E-state index is 0.0318. The van der Waals surface area contributed by atoms with E-state index in [9.17, 15) is 0 Å². The van der Waals surface area contributed by atoms with Crippen LogP contribution in [-0.2, 0) is 0 Å². The molecule has 0 aromatic carbocycles. The van der Waals surface area contributed by atoms with Crippen LogP contribution in [0.15, 0.2) is 18.7 Å². The number of nitrogens with zero attached hydrogens (tertiary/aromatic N) is 4. The Balaban J connectivity index is 1.78.